The summed E-state index contributed by atoms with van der Waals surface area (Å²) < 4.78 is 18.0. The molecule has 2 saturated heterocycles. The third-order valence-electron chi connectivity index (χ3n) is 14.6. The Balaban J connectivity index is 1.23. The van der Waals surface area contributed by atoms with Crippen LogP contribution in [0.15, 0.2) is 71.1 Å². The molecule has 4 fully saturated rings. The lowest BCUT2D eigenvalue weighted by Crippen LogP contribution is -2.61. The van der Waals surface area contributed by atoms with Gasteiger partial charge in [0.15, 0.2) is 11.5 Å². The first kappa shape index (κ1) is 37.0. The Morgan fingerprint density at radius 2 is 1.92 bits per heavy atom. The number of benzene rings is 1. The van der Waals surface area contributed by atoms with E-state index in [4.69, 9.17) is 14.2 Å². The van der Waals surface area contributed by atoms with Gasteiger partial charge >= 0.3 is 5.97 Å². The third kappa shape index (κ3) is 6.43. The Morgan fingerprint density at radius 1 is 1.09 bits per heavy atom. The van der Waals surface area contributed by atoms with E-state index in [0.717, 1.165) is 50.8 Å². The van der Waals surface area contributed by atoms with E-state index in [9.17, 15) is 20.1 Å². The van der Waals surface area contributed by atoms with Crippen molar-refractivity contribution in [1.82, 2.24) is 4.90 Å². The highest BCUT2D eigenvalue weighted by Gasteiger charge is 2.63. The van der Waals surface area contributed by atoms with E-state index in [1.165, 1.54) is 63.2 Å². The van der Waals surface area contributed by atoms with Crippen LogP contribution in [0.4, 0.5) is 0 Å². The first-order valence-corrected chi connectivity index (χ1v) is 20.8. The molecule has 8 rings (SSSR count). The molecule has 3 N–H and O–H groups in total. The number of carbonyl (C=O) groups excluding carboxylic acids is 1. The molecule has 4 aliphatic heterocycles. The van der Waals surface area contributed by atoms with Crippen LogP contribution in [-0.4, -0.2) is 71.2 Å². The smallest absolute Gasteiger partial charge is 0.345 e. The van der Waals surface area contributed by atoms with Crippen LogP contribution in [0.5, 0.6) is 0 Å². The number of rotatable bonds is 10. The number of allylic oxidation sites excluding steroid dienone is 1. The van der Waals surface area contributed by atoms with Gasteiger partial charge in [-0.05, 0) is 104 Å². The second kappa shape index (κ2) is 15.3. The number of nitrogens with zero attached hydrogens (tertiary/aromatic N) is 1. The molecule has 8 nitrogen and oxygen atoms in total. The zero-order valence-corrected chi connectivity index (χ0v) is 32.1. The summed E-state index contributed by atoms with van der Waals surface area (Å²) in [5, 5.41) is 34.0. The van der Waals surface area contributed by atoms with Crippen molar-refractivity contribution in [1.29, 1.82) is 0 Å². The van der Waals surface area contributed by atoms with E-state index >= 15 is 0 Å². The highest BCUT2D eigenvalue weighted by atomic mass is 16.6. The quantitative estimate of drug-likeness (QED) is 0.131. The highest BCUT2D eigenvalue weighted by Crippen LogP contribution is 2.67. The Hall–Kier alpha value is -2.91. The Kier molecular flexibility index (Phi) is 10.7. The Bertz CT molecular complexity index is 1650. The van der Waals surface area contributed by atoms with Crippen molar-refractivity contribution >= 4 is 5.97 Å². The molecule has 2 saturated carbocycles. The number of hydrogen-bond donors (Lipinski definition) is 3. The standard InChI is InChI=1S/C45H61NO7/c1-4-5-6-13-28-14-10-15-29(22-28)38-31-23-35-37-33(25-47)42(43-41(51-3)34(26-48)44(50)53-43)52-36(37)17-11-20-46(35)39(32(31)24-45(38)18-7-8-19-45)40(49)30-16-9-12-27(2)21-30/h9-10,14-17,22,27,30-33,35,37-40,47-49H,4-8,11-13,18-21,23-26H2,1-3H3. The zero-order chi connectivity index (χ0) is 36.9. The first-order valence-electron chi connectivity index (χ1n) is 20.8. The molecule has 1 aromatic rings. The maximum atomic E-state index is 12.8. The maximum absolute atomic E-state index is 12.8. The first-order chi connectivity index (χ1) is 25.8. The normalized spacial score (nSPS) is 36.8. The Labute approximate surface area is 316 Å². The van der Waals surface area contributed by atoms with Gasteiger partial charge in [0.25, 0.3) is 0 Å². The van der Waals surface area contributed by atoms with Crippen molar-refractivity contribution < 1.29 is 34.3 Å². The number of cyclic esters (lactones) is 1. The van der Waals surface area contributed by atoms with E-state index in [2.05, 4.69) is 61.2 Å². The van der Waals surface area contributed by atoms with Crippen LogP contribution in [0.2, 0.25) is 0 Å². The van der Waals surface area contributed by atoms with Crippen LogP contribution in [-0.2, 0) is 25.4 Å². The zero-order valence-electron chi connectivity index (χ0n) is 32.1. The summed E-state index contributed by atoms with van der Waals surface area (Å²) in [6.45, 7) is 4.70. The fraction of sp³-hybridized carbons (Fsp3) is 0.667. The number of ether oxygens (including phenoxy) is 3. The minimum atomic E-state index is -0.652. The van der Waals surface area contributed by atoms with Crippen LogP contribution in [0.3, 0.4) is 0 Å². The van der Waals surface area contributed by atoms with Gasteiger partial charge in [-0.3, -0.25) is 4.90 Å². The second-order valence-electron chi connectivity index (χ2n) is 17.5. The molecule has 8 heteroatoms. The Morgan fingerprint density at radius 3 is 2.66 bits per heavy atom. The van der Waals surface area contributed by atoms with Gasteiger partial charge in [0.1, 0.15) is 11.3 Å². The maximum Gasteiger partial charge on any atom is 0.345 e. The number of piperidine rings is 1. The monoisotopic (exact) mass is 727 g/mol. The van der Waals surface area contributed by atoms with Crippen LogP contribution in [0.1, 0.15) is 108 Å². The number of aliphatic hydroxyl groups excluding tert-OH is 3. The number of esters is 1. The molecular weight excluding hydrogens is 666 g/mol. The van der Waals surface area contributed by atoms with Crippen LogP contribution >= 0.6 is 0 Å². The summed E-state index contributed by atoms with van der Waals surface area (Å²) in [5.74, 6) is 2.03. The fourth-order valence-electron chi connectivity index (χ4n) is 12.5. The topological polar surface area (TPSA) is 109 Å². The third-order valence-corrected chi connectivity index (χ3v) is 14.6. The molecule has 10 atom stereocenters. The minimum Gasteiger partial charge on any atom is -0.492 e. The van der Waals surface area contributed by atoms with E-state index in [-0.39, 0.29) is 53.0 Å². The van der Waals surface area contributed by atoms with Crippen LogP contribution in [0.25, 0.3) is 0 Å². The molecule has 0 bridgehead atoms. The lowest BCUT2D eigenvalue weighted by Gasteiger charge is -2.53. The predicted octanol–water partition coefficient (Wildman–Crippen LogP) is 7.31. The summed E-state index contributed by atoms with van der Waals surface area (Å²) in [6, 6.07) is 9.55. The van der Waals surface area contributed by atoms with E-state index < -0.39 is 24.6 Å². The largest absolute Gasteiger partial charge is 0.492 e. The fourth-order valence-corrected chi connectivity index (χ4v) is 12.5. The summed E-state index contributed by atoms with van der Waals surface area (Å²) in [5.41, 5.74) is 3.21. The molecule has 288 valence electrons. The average molecular weight is 728 g/mol. The van der Waals surface area contributed by atoms with E-state index in [1.807, 2.05) is 0 Å². The number of hydrogen-bond acceptors (Lipinski definition) is 8. The van der Waals surface area contributed by atoms with E-state index in [0.29, 0.717) is 29.4 Å². The van der Waals surface area contributed by atoms with Gasteiger partial charge in [0.05, 0.1) is 32.3 Å². The number of methoxy groups -OCH3 is 1. The molecule has 0 aromatic heterocycles. The molecule has 53 heavy (non-hydrogen) atoms. The van der Waals surface area contributed by atoms with Crippen molar-refractivity contribution in [3.05, 3.63) is 82.2 Å². The molecule has 4 heterocycles. The van der Waals surface area contributed by atoms with Crippen LogP contribution in [0, 0.1) is 40.9 Å². The molecular formula is C45H61NO7. The number of unbranched alkanes of at least 4 members (excludes halogenated alkanes) is 2. The molecule has 3 aliphatic carbocycles. The summed E-state index contributed by atoms with van der Waals surface area (Å²) in [6.07, 6.45) is 21.0. The van der Waals surface area contributed by atoms with Crippen molar-refractivity contribution in [2.45, 2.75) is 121 Å². The molecule has 1 spiro atoms. The average Bonchev–Trinajstić information content (AvgIpc) is 3.91. The van der Waals surface area contributed by atoms with Gasteiger partial charge in [-0.1, -0.05) is 75.9 Å². The second-order valence-corrected chi connectivity index (χ2v) is 17.5. The van der Waals surface area contributed by atoms with Gasteiger partial charge in [0, 0.05) is 30.5 Å². The minimum absolute atomic E-state index is 0.0149. The van der Waals surface area contributed by atoms with Crippen molar-refractivity contribution in [2.24, 2.45) is 40.9 Å². The lowest BCUT2D eigenvalue weighted by molar-refractivity contribution is -0.134. The van der Waals surface area contributed by atoms with Crippen molar-refractivity contribution in [2.75, 3.05) is 26.9 Å². The highest BCUT2D eigenvalue weighted by molar-refractivity contribution is 5.94. The van der Waals surface area contributed by atoms with E-state index in [1.54, 1.807) is 0 Å². The lowest BCUT2D eigenvalue weighted by atomic mass is 9.65. The molecule has 10 unspecified atom stereocenters. The molecule has 7 aliphatic rings. The molecule has 0 amide bonds. The van der Waals surface area contributed by atoms with Gasteiger partial charge in [-0.15, -0.1) is 0 Å². The van der Waals surface area contributed by atoms with Gasteiger partial charge in [-0.25, -0.2) is 4.79 Å². The number of fused-ring (bicyclic) bond motifs is 4. The summed E-state index contributed by atoms with van der Waals surface area (Å²) >= 11 is 0. The van der Waals surface area contributed by atoms with Crippen molar-refractivity contribution in [3.8, 4) is 0 Å². The SMILES string of the molecule is CCCCCc1cccc(C2C3CC4C5C(=CCCN4C(C(O)C4C=CCC(C)C4)C3CC23CCCC3)OC(=C2OC(=O)C(CO)=C2OC)C5CO)c1. The number of carbonyl (C=O) groups is 1. The molecule has 0 radical (unpaired) electrons. The van der Waals surface area contributed by atoms with Crippen LogP contribution < -0.4 is 0 Å². The van der Waals surface area contributed by atoms with Gasteiger partial charge < -0.3 is 29.5 Å². The predicted molar refractivity (Wildman–Crippen MR) is 203 cm³/mol. The van der Waals surface area contributed by atoms with Gasteiger partial charge in [0.2, 0.25) is 5.76 Å². The number of aryl methyl sites for hydroxylation is 1. The molecule has 1 aromatic carbocycles. The summed E-state index contributed by atoms with van der Waals surface area (Å²) in [4.78, 5) is 15.5. The van der Waals surface area contributed by atoms with Gasteiger partial charge in [-0.2, -0.15) is 0 Å². The van der Waals surface area contributed by atoms with Crippen molar-refractivity contribution in [3.63, 3.8) is 0 Å². The summed E-state index contributed by atoms with van der Waals surface area (Å²) in [7, 11) is 1.46. The number of aliphatic hydroxyl groups is 3.